The number of carbonyl (C=O) groups excluding carboxylic acids is 1. The zero-order valence-corrected chi connectivity index (χ0v) is 12.6. The van der Waals surface area contributed by atoms with Crippen LogP contribution in [-0.4, -0.2) is 49.8 Å². The Hall–Kier alpha value is -0.260. The SMILES string of the molecule is CCCNC1COCC1C(=O)NCC1CCSCC1. The maximum Gasteiger partial charge on any atom is 0.227 e. The molecule has 2 aliphatic heterocycles. The molecule has 2 heterocycles. The normalized spacial score (nSPS) is 28.5. The highest BCUT2D eigenvalue weighted by atomic mass is 32.2. The van der Waals surface area contributed by atoms with Gasteiger partial charge < -0.3 is 15.4 Å². The first-order valence-electron chi connectivity index (χ1n) is 7.47. The van der Waals surface area contributed by atoms with Gasteiger partial charge in [-0.15, -0.1) is 0 Å². The summed E-state index contributed by atoms with van der Waals surface area (Å²) in [6.07, 6.45) is 3.57. The second-order valence-electron chi connectivity index (χ2n) is 5.51. The first-order valence-corrected chi connectivity index (χ1v) is 8.63. The van der Waals surface area contributed by atoms with Gasteiger partial charge >= 0.3 is 0 Å². The van der Waals surface area contributed by atoms with Crippen molar-refractivity contribution in [2.24, 2.45) is 11.8 Å². The number of ether oxygens (including phenoxy) is 1. The number of thioether (sulfide) groups is 1. The highest BCUT2D eigenvalue weighted by Gasteiger charge is 2.33. The van der Waals surface area contributed by atoms with Crippen molar-refractivity contribution in [3.05, 3.63) is 0 Å². The van der Waals surface area contributed by atoms with Crippen LogP contribution in [0.15, 0.2) is 0 Å². The Kier molecular flexibility index (Phi) is 6.47. The van der Waals surface area contributed by atoms with Gasteiger partial charge in [-0.1, -0.05) is 6.92 Å². The molecule has 0 saturated carbocycles. The summed E-state index contributed by atoms with van der Waals surface area (Å²) in [6, 6.07) is 0.196. The van der Waals surface area contributed by atoms with E-state index in [1.807, 2.05) is 11.8 Å². The Labute approximate surface area is 120 Å². The van der Waals surface area contributed by atoms with Gasteiger partial charge in [-0.25, -0.2) is 0 Å². The summed E-state index contributed by atoms with van der Waals surface area (Å²) in [7, 11) is 0. The molecule has 2 atom stereocenters. The zero-order chi connectivity index (χ0) is 13.5. The van der Waals surface area contributed by atoms with E-state index in [1.54, 1.807) is 0 Å². The fraction of sp³-hybridized carbons (Fsp3) is 0.929. The molecule has 2 N–H and O–H groups in total. The van der Waals surface area contributed by atoms with Crippen LogP contribution < -0.4 is 10.6 Å². The van der Waals surface area contributed by atoms with Gasteiger partial charge in [0.15, 0.2) is 0 Å². The zero-order valence-electron chi connectivity index (χ0n) is 11.8. The second kappa shape index (κ2) is 8.12. The van der Waals surface area contributed by atoms with Crippen molar-refractivity contribution in [1.29, 1.82) is 0 Å². The standard InChI is InChI=1S/C14H26N2O2S/c1-2-5-15-13-10-18-9-12(13)14(17)16-8-11-3-6-19-7-4-11/h11-13,15H,2-10H2,1H3,(H,16,17). The summed E-state index contributed by atoms with van der Waals surface area (Å²) in [6.45, 7) is 5.17. The summed E-state index contributed by atoms with van der Waals surface area (Å²) in [5.74, 6) is 3.32. The summed E-state index contributed by atoms with van der Waals surface area (Å²) >= 11 is 2.02. The lowest BCUT2D eigenvalue weighted by atomic mass is 10.00. The monoisotopic (exact) mass is 286 g/mol. The van der Waals surface area contributed by atoms with Crippen LogP contribution in [0.5, 0.6) is 0 Å². The van der Waals surface area contributed by atoms with Crippen LogP contribution in [0, 0.1) is 11.8 Å². The van der Waals surface area contributed by atoms with Crippen molar-refractivity contribution < 1.29 is 9.53 Å². The molecule has 2 fully saturated rings. The molecule has 0 aliphatic carbocycles. The smallest absolute Gasteiger partial charge is 0.227 e. The Morgan fingerprint density at radius 3 is 2.84 bits per heavy atom. The molecule has 4 nitrogen and oxygen atoms in total. The maximum atomic E-state index is 12.2. The molecule has 1 amide bonds. The molecule has 0 radical (unpaired) electrons. The molecule has 0 aromatic heterocycles. The average Bonchev–Trinajstić information content (AvgIpc) is 2.92. The van der Waals surface area contributed by atoms with E-state index in [0.717, 1.165) is 19.5 Å². The first kappa shape index (κ1) is 15.1. The number of nitrogens with one attached hydrogen (secondary N) is 2. The lowest BCUT2D eigenvalue weighted by Crippen LogP contribution is -2.45. The average molecular weight is 286 g/mol. The van der Waals surface area contributed by atoms with E-state index in [4.69, 9.17) is 4.74 Å². The van der Waals surface area contributed by atoms with Crippen LogP contribution >= 0.6 is 11.8 Å². The second-order valence-corrected chi connectivity index (χ2v) is 6.73. The molecule has 0 bridgehead atoms. The first-order chi connectivity index (χ1) is 9.31. The molecule has 19 heavy (non-hydrogen) atoms. The van der Waals surface area contributed by atoms with Crippen molar-refractivity contribution in [2.45, 2.75) is 32.2 Å². The largest absolute Gasteiger partial charge is 0.379 e. The number of hydrogen-bond acceptors (Lipinski definition) is 4. The molecule has 2 unspecified atom stereocenters. The third-order valence-electron chi connectivity index (χ3n) is 3.98. The lowest BCUT2D eigenvalue weighted by molar-refractivity contribution is -0.125. The van der Waals surface area contributed by atoms with Crippen LogP contribution in [0.4, 0.5) is 0 Å². The fourth-order valence-corrected chi connectivity index (χ4v) is 3.87. The minimum absolute atomic E-state index is 0.00971. The van der Waals surface area contributed by atoms with Crippen molar-refractivity contribution in [3.8, 4) is 0 Å². The molecule has 110 valence electrons. The Bertz CT molecular complexity index is 283. The number of hydrogen-bond donors (Lipinski definition) is 2. The highest BCUT2D eigenvalue weighted by Crippen LogP contribution is 2.22. The molecule has 0 aromatic carbocycles. The van der Waals surface area contributed by atoms with Gasteiger partial charge in [0.25, 0.3) is 0 Å². The quantitative estimate of drug-likeness (QED) is 0.772. The predicted octanol–water partition coefficient (Wildman–Crippen LogP) is 1.26. The van der Waals surface area contributed by atoms with Crippen molar-refractivity contribution in [2.75, 3.05) is 37.8 Å². The lowest BCUT2D eigenvalue weighted by Gasteiger charge is -2.23. The van der Waals surface area contributed by atoms with Gasteiger partial charge in [0.2, 0.25) is 5.91 Å². The molecule has 5 heteroatoms. The van der Waals surface area contributed by atoms with Crippen LogP contribution in [0.25, 0.3) is 0 Å². The van der Waals surface area contributed by atoms with Gasteiger partial charge in [-0.3, -0.25) is 4.79 Å². The van der Waals surface area contributed by atoms with E-state index in [2.05, 4.69) is 17.6 Å². The van der Waals surface area contributed by atoms with E-state index in [9.17, 15) is 4.79 Å². The fourth-order valence-electron chi connectivity index (χ4n) is 2.67. The van der Waals surface area contributed by atoms with Crippen LogP contribution in [0.3, 0.4) is 0 Å². The van der Waals surface area contributed by atoms with Gasteiger partial charge in [0, 0.05) is 12.6 Å². The van der Waals surface area contributed by atoms with Crippen LogP contribution in [0.2, 0.25) is 0 Å². The molecular weight excluding hydrogens is 260 g/mol. The predicted molar refractivity (Wildman–Crippen MR) is 79.4 cm³/mol. The van der Waals surface area contributed by atoms with Crippen molar-refractivity contribution >= 4 is 17.7 Å². The van der Waals surface area contributed by atoms with Gasteiger partial charge in [-0.2, -0.15) is 11.8 Å². The highest BCUT2D eigenvalue weighted by molar-refractivity contribution is 7.99. The van der Waals surface area contributed by atoms with E-state index in [1.165, 1.54) is 24.3 Å². The summed E-state index contributed by atoms with van der Waals surface area (Å²) in [5, 5.41) is 6.54. The molecule has 0 spiro atoms. The third kappa shape index (κ3) is 4.65. The van der Waals surface area contributed by atoms with E-state index in [0.29, 0.717) is 19.1 Å². The Morgan fingerprint density at radius 2 is 2.11 bits per heavy atom. The maximum absolute atomic E-state index is 12.2. The minimum atomic E-state index is -0.00971. The summed E-state index contributed by atoms with van der Waals surface area (Å²) in [4.78, 5) is 12.2. The summed E-state index contributed by atoms with van der Waals surface area (Å²) in [5.41, 5.74) is 0. The topological polar surface area (TPSA) is 50.4 Å². The summed E-state index contributed by atoms with van der Waals surface area (Å²) < 4.78 is 5.45. The molecular formula is C14H26N2O2S. The number of rotatable bonds is 6. The third-order valence-corrected chi connectivity index (χ3v) is 5.03. The van der Waals surface area contributed by atoms with Gasteiger partial charge in [0.05, 0.1) is 19.1 Å². The number of amides is 1. The van der Waals surface area contributed by atoms with E-state index in [-0.39, 0.29) is 17.9 Å². The van der Waals surface area contributed by atoms with Crippen molar-refractivity contribution in [3.63, 3.8) is 0 Å². The Balaban J connectivity index is 1.71. The molecule has 2 aliphatic rings. The van der Waals surface area contributed by atoms with E-state index < -0.39 is 0 Å². The van der Waals surface area contributed by atoms with Crippen molar-refractivity contribution in [1.82, 2.24) is 10.6 Å². The van der Waals surface area contributed by atoms with Crippen LogP contribution in [-0.2, 0) is 9.53 Å². The Morgan fingerprint density at radius 1 is 1.32 bits per heavy atom. The molecule has 0 aromatic rings. The van der Waals surface area contributed by atoms with E-state index >= 15 is 0 Å². The van der Waals surface area contributed by atoms with Gasteiger partial charge in [-0.05, 0) is 43.2 Å². The minimum Gasteiger partial charge on any atom is -0.379 e. The molecule has 2 rings (SSSR count). The van der Waals surface area contributed by atoms with Crippen LogP contribution in [0.1, 0.15) is 26.2 Å². The number of carbonyl (C=O) groups is 1. The molecule has 2 saturated heterocycles. The van der Waals surface area contributed by atoms with Gasteiger partial charge in [0.1, 0.15) is 0 Å².